The van der Waals surface area contributed by atoms with Crippen LogP contribution in [0, 0.1) is 6.92 Å². The van der Waals surface area contributed by atoms with Gasteiger partial charge in [-0.3, -0.25) is 9.59 Å². The molecule has 0 spiro atoms. The Balaban J connectivity index is 2.16. The molecule has 122 valence electrons. The molecule has 1 N–H and O–H groups in total. The van der Waals surface area contributed by atoms with E-state index < -0.39 is 17.7 Å². The second-order valence-electron chi connectivity index (χ2n) is 5.83. The highest BCUT2D eigenvalue weighted by Crippen LogP contribution is 2.38. The average Bonchev–Trinajstić information content (AvgIpc) is 2.80. The van der Waals surface area contributed by atoms with E-state index in [2.05, 4.69) is 0 Å². The number of ketones is 1. The van der Waals surface area contributed by atoms with Crippen LogP contribution in [0.2, 0.25) is 5.02 Å². The molecule has 0 aliphatic carbocycles. The minimum Gasteiger partial charge on any atom is -0.507 e. The minimum atomic E-state index is -0.685. The SMILES string of the molecule is Cc1ccc(C2/C(=C(/O)c3ccc(Cl)cc3)C(=O)C(=O)N2C)cc1. The van der Waals surface area contributed by atoms with Crippen molar-refractivity contribution in [3.63, 3.8) is 0 Å². The molecule has 0 saturated carbocycles. The van der Waals surface area contributed by atoms with E-state index in [1.807, 2.05) is 31.2 Å². The summed E-state index contributed by atoms with van der Waals surface area (Å²) in [5.41, 5.74) is 2.39. The molecule has 0 aromatic heterocycles. The molecular weight excluding hydrogens is 326 g/mol. The number of halogens is 1. The highest BCUT2D eigenvalue weighted by molar-refractivity contribution is 6.46. The van der Waals surface area contributed by atoms with Gasteiger partial charge >= 0.3 is 0 Å². The number of likely N-dealkylation sites (N-methyl/N-ethyl adjacent to an activating group) is 1. The van der Waals surface area contributed by atoms with Crippen molar-refractivity contribution in [3.05, 3.63) is 75.8 Å². The maximum Gasteiger partial charge on any atom is 0.295 e. The Kier molecular flexibility index (Phi) is 4.16. The van der Waals surface area contributed by atoms with Crippen LogP contribution in [0.4, 0.5) is 0 Å². The first kappa shape index (κ1) is 16.3. The highest BCUT2D eigenvalue weighted by Gasteiger charge is 2.44. The van der Waals surface area contributed by atoms with Crippen LogP contribution in [0.25, 0.3) is 5.76 Å². The van der Waals surface area contributed by atoms with Crippen LogP contribution in [-0.4, -0.2) is 28.7 Å². The average molecular weight is 342 g/mol. The number of aryl methyl sites for hydroxylation is 1. The summed E-state index contributed by atoms with van der Waals surface area (Å²) < 4.78 is 0. The second-order valence-corrected chi connectivity index (χ2v) is 6.26. The van der Waals surface area contributed by atoms with Gasteiger partial charge in [-0.15, -0.1) is 0 Å². The number of carbonyl (C=O) groups excluding carboxylic acids is 2. The maximum absolute atomic E-state index is 12.4. The molecule has 5 heteroatoms. The van der Waals surface area contributed by atoms with E-state index in [4.69, 9.17) is 11.6 Å². The molecule has 24 heavy (non-hydrogen) atoms. The summed E-state index contributed by atoms with van der Waals surface area (Å²) in [5.74, 6) is -1.51. The zero-order valence-corrected chi connectivity index (χ0v) is 14.0. The molecule has 2 aromatic rings. The Bertz CT molecular complexity index is 838. The van der Waals surface area contributed by atoms with Crippen molar-refractivity contribution in [2.45, 2.75) is 13.0 Å². The molecule has 0 radical (unpaired) electrons. The van der Waals surface area contributed by atoms with Gasteiger partial charge in [-0.05, 0) is 36.8 Å². The topological polar surface area (TPSA) is 57.6 Å². The molecule has 4 nitrogen and oxygen atoms in total. The Labute approximate surface area is 145 Å². The smallest absolute Gasteiger partial charge is 0.295 e. The van der Waals surface area contributed by atoms with Gasteiger partial charge in [0.2, 0.25) is 0 Å². The number of aliphatic hydroxyl groups is 1. The molecule has 1 unspecified atom stereocenters. The first-order valence-electron chi connectivity index (χ1n) is 7.47. The number of aliphatic hydroxyl groups excluding tert-OH is 1. The number of carbonyl (C=O) groups is 2. The summed E-state index contributed by atoms with van der Waals surface area (Å²) in [4.78, 5) is 25.9. The van der Waals surface area contributed by atoms with Crippen molar-refractivity contribution >= 4 is 29.1 Å². The number of hydrogen-bond donors (Lipinski definition) is 1. The minimum absolute atomic E-state index is 0.0914. The molecule has 1 amide bonds. The van der Waals surface area contributed by atoms with Gasteiger partial charge in [-0.1, -0.05) is 41.4 Å². The van der Waals surface area contributed by atoms with Gasteiger partial charge in [-0.25, -0.2) is 0 Å². The molecule has 1 fully saturated rings. The fourth-order valence-corrected chi connectivity index (χ4v) is 2.98. The van der Waals surface area contributed by atoms with Crippen LogP contribution >= 0.6 is 11.6 Å². The summed E-state index contributed by atoms with van der Waals surface area (Å²) >= 11 is 5.86. The number of hydrogen-bond acceptors (Lipinski definition) is 3. The third-order valence-corrected chi connectivity index (χ3v) is 4.44. The van der Waals surface area contributed by atoms with Gasteiger partial charge in [0.1, 0.15) is 5.76 Å². The lowest BCUT2D eigenvalue weighted by atomic mass is 9.95. The summed E-state index contributed by atoms with van der Waals surface area (Å²) in [6, 6.07) is 13.4. The van der Waals surface area contributed by atoms with Gasteiger partial charge in [0.25, 0.3) is 11.7 Å². The lowest BCUT2D eigenvalue weighted by Crippen LogP contribution is -2.24. The third-order valence-electron chi connectivity index (χ3n) is 4.19. The fourth-order valence-electron chi connectivity index (χ4n) is 2.85. The molecule has 1 aliphatic rings. The van der Waals surface area contributed by atoms with Crippen LogP contribution in [0.1, 0.15) is 22.7 Å². The predicted octanol–water partition coefficient (Wildman–Crippen LogP) is 3.70. The summed E-state index contributed by atoms with van der Waals surface area (Å²) in [7, 11) is 1.56. The molecule has 0 bridgehead atoms. The Morgan fingerprint density at radius 3 is 2.21 bits per heavy atom. The zero-order valence-electron chi connectivity index (χ0n) is 13.3. The van der Waals surface area contributed by atoms with Crippen LogP contribution in [-0.2, 0) is 9.59 Å². The number of Topliss-reactive ketones (excluding diaryl/α,β-unsaturated/α-hetero) is 1. The van der Waals surface area contributed by atoms with Gasteiger partial charge in [0.15, 0.2) is 0 Å². The predicted molar refractivity (Wildman–Crippen MR) is 92.7 cm³/mol. The summed E-state index contributed by atoms with van der Waals surface area (Å²) in [5, 5.41) is 11.2. The van der Waals surface area contributed by atoms with E-state index in [1.165, 1.54) is 4.90 Å². The fraction of sp³-hybridized carbons (Fsp3) is 0.158. The summed E-state index contributed by atoms with van der Waals surface area (Å²) in [6.07, 6.45) is 0. The third kappa shape index (κ3) is 2.69. The van der Waals surface area contributed by atoms with E-state index in [1.54, 1.807) is 31.3 Å². The van der Waals surface area contributed by atoms with E-state index in [0.717, 1.165) is 11.1 Å². The van der Waals surface area contributed by atoms with Gasteiger partial charge in [0, 0.05) is 17.6 Å². The van der Waals surface area contributed by atoms with Crippen LogP contribution in [0.15, 0.2) is 54.1 Å². The lowest BCUT2D eigenvalue weighted by Gasteiger charge is -2.21. The lowest BCUT2D eigenvalue weighted by molar-refractivity contribution is -0.139. The van der Waals surface area contributed by atoms with Gasteiger partial charge < -0.3 is 10.0 Å². The van der Waals surface area contributed by atoms with E-state index >= 15 is 0 Å². The quantitative estimate of drug-likeness (QED) is 0.515. The van der Waals surface area contributed by atoms with Crippen molar-refractivity contribution in [1.29, 1.82) is 0 Å². The second kappa shape index (κ2) is 6.13. The Morgan fingerprint density at radius 1 is 1.04 bits per heavy atom. The molecule has 1 heterocycles. The molecule has 1 aliphatic heterocycles. The number of nitrogens with zero attached hydrogens (tertiary/aromatic N) is 1. The van der Waals surface area contributed by atoms with Crippen molar-refractivity contribution in [1.82, 2.24) is 4.90 Å². The largest absolute Gasteiger partial charge is 0.507 e. The Hall–Kier alpha value is -2.59. The zero-order chi connectivity index (χ0) is 17.4. The van der Waals surface area contributed by atoms with Crippen molar-refractivity contribution < 1.29 is 14.7 Å². The van der Waals surface area contributed by atoms with Crippen LogP contribution in [0.5, 0.6) is 0 Å². The van der Waals surface area contributed by atoms with Crippen molar-refractivity contribution in [2.24, 2.45) is 0 Å². The first-order chi connectivity index (χ1) is 11.4. The van der Waals surface area contributed by atoms with Crippen molar-refractivity contribution in [3.8, 4) is 0 Å². The van der Waals surface area contributed by atoms with E-state index in [0.29, 0.717) is 10.6 Å². The number of likely N-dealkylation sites (tertiary alicyclic amines) is 1. The number of amides is 1. The molecule has 1 atom stereocenters. The number of benzene rings is 2. The van der Waals surface area contributed by atoms with Gasteiger partial charge in [0.05, 0.1) is 11.6 Å². The Morgan fingerprint density at radius 2 is 1.62 bits per heavy atom. The maximum atomic E-state index is 12.4. The monoisotopic (exact) mass is 341 g/mol. The number of rotatable bonds is 2. The van der Waals surface area contributed by atoms with Crippen LogP contribution < -0.4 is 0 Å². The molecule has 1 saturated heterocycles. The van der Waals surface area contributed by atoms with Gasteiger partial charge in [-0.2, -0.15) is 0 Å². The standard InChI is InChI=1S/C19H16ClNO3/c1-11-3-5-12(6-4-11)16-15(18(23)19(24)21(16)2)17(22)13-7-9-14(20)10-8-13/h3-10,16,22H,1-2H3/b17-15-. The summed E-state index contributed by atoms with van der Waals surface area (Å²) in [6.45, 7) is 1.96. The van der Waals surface area contributed by atoms with E-state index in [9.17, 15) is 14.7 Å². The normalized spacial score (nSPS) is 19.8. The first-order valence-corrected chi connectivity index (χ1v) is 7.85. The highest BCUT2D eigenvalue weighted by atomic mass is 35.5. The molecular formula is C19H16ClNO3. The van der Waals surface area contributed by atoms with Crippen LogP contribution in [0.3, 0.4) is 0 Å². The van der Waals surface area contributed by atoms with Crippen molar-refractivity contribution in [2.75, 3.05) is 7.05 Å². The van der Waals surface area contributed by atoms with E-state index in [-0.39, 0.29) is 11.3 Å². The molecule has 2 aromatic carbocycles. The molecule has 3 rings (SSSR count).